The van der Waals surface area contributed by atoms with Gasteiger partial charge < -0.3 is 20.3 Å². The Morgan fingerprint density at radius 3 is 3.04 bits per heavy atom. The fourth-order valence-electron chi connectivity index (χ4n) is 3.09. The van der Waals surface area contributed by atoms with Gasteiger partial charge in [-0.05, 0) is 24.5 Å². The molecule has 2 aromatic rings. The third kappa shape index (κ3) is 4.65. The van der Waals surface area contributed by atoms with Crippen LogP contribution in [0.3, 0.4) is 0 Å². The maximum Gasteiger partial charge on any atom is 0.315 e. The molecule has 0 saturated carbocycles. The first kappa shape index (κ1) is 17.1. The van der Waals surface area contributed by atoms with E-state index >= 15 is 0 Å². The smallest absolute Gasteiger partial charge is 0.315 e. The van der Waals surface area contributed by atoms with Gasteiger partial charge in [0.2, 0.25) is 0 Å². The largest absolute Gasteiger partial charge is 0.497 e. The van der Waals surface area contributed by atoms with Crippen LogP contribution in [0, 0.1) is 5.92 Å². The highest BCUT2D eigenvalue weighted by Gasteiger charge is 2.23. The van der Waals surface area contributed by atoms with E-state index in [1.54, 1.807) is 18.0 Å². The van der Waals surface area contributed by atoms with Crippen LogP contribution in [0.25, 0.3) is 0 Å². The average molecular weight is 343 g/mol. The number of methoxy groups -OCH3 is 1. The van der Waals surface area contributed by atoms with Crippen molar-refractivity contribution in [2.24, 2.45) is 13.0 Å². The molecule has 1 atom stereocenters. The van der Waals surface area contributed by atoms with Crippen LogP contribution in [0.15, 0.2) is 36.7 Å². The molecule has 1 aliphatic rings. The number of hydrogen-bond donors (Lipinski definition) is 2. The molecule has 1 aromatic heterocycles. The van der Waals surface area contributed by atoms with Crippen LogP contribution in [-0.2, 0) is 13.6 Å². The van der Waals surface area contributed by atoms with E-state index in [1.807, 2.05) is 25.4 Å². The standard InChI is InChI=1S/C18H25N5O2/c1-22-12-15(11-21-22)10-20-18(24)19-9-14-6-7-23(13-14)16-4-3-5-17(8-16)25-2/h3-5,8,11-12,14H,6-7,9-10,13H2,1-2H3,(H2,19,20,24)/t14-/m0/s1. The van der Waals surface area contributed by atoms with Gasteiger partial charge in [-0.25, -0.2) is 4.79 Å². The van der Waals surface area contributed by atoms with E-state index in [1.165, 1.54) is 5.69 Å². The highest BCUT2D eigenvalue weighted by Crippen LogP contribution is 2.26. The van der Waals surface area contributed by atoms with Gasteiger partial charge in [-0.15, -0.1) is 0 Å². The minimum absolute atomic E-state index is 0.135. The highest BCUT2D eigenvalue weighted by molar-refractivity contribution is 5.73. The van der Waals surface area contributed by atoms with Crippen molar-refractivity contribution in [2.75, 3.05) is 31.6 Å². The summed E-state index contributed by atoms with van der Waals surface area (Å²) in [5, 5.41) is 9.91. The van der Waals surface area contributed by atoms with Gasteiger partial charge in [0.15, 0.2) is 0 Å². The van der Waals surface area contributed by atoms with E-state index in [-0.39, 0.29) is 6.03 Å². The molecular formula is C18H25N5O2. The molecule has 134 valence electrons. The van der Waals surface area contributed by atoms with Gasteiger partial charge in [-0.2, -0.15) is 5.10 Å². The summed E-state index contributed by atoms with van der Waals surface area (Å²) in [5.41, 5.74) is 2.16. The average Bonchev–Trinajstić information content (AvgIpc) is 3.27. The Labute approximate surface area is 148 Å². The van der Waals surface area contributed by atoms with Crippen molar-refractivity contribution in [2.45, 2.75) is 13.0 Å². The van der Waals surface area contributed by atoms with E-state index in [2.05, 4.69) is 32.8 Å². The minimum atomic E-state index is -0.135. The molecule has 2 N–H and O–H groups in total. The summed E-state index contributed by atoms with van der Waals surface area (Å²) in [6.45, 7) is 3.10. The molecule has 1 fully saturated rings. The molecule has 1 aromatic carbocycles. The lowest BCUT2D eigenvalue weighted by atomic mass is 10.1. The molecule has 3 rings (SSSR count). The maximum atomic E-state index is 11.9. The molecule has 2 amide bonds. The van der Waals surface area contributed by atoms with Crippen LogP contribution >= 0.6 is 0 Å². The Morgan fingerprint density at radius 1 is 1.40 bits per heavy atom. The highest BCUT2D eigenvalue weighted by atomic mass is 16.5. The zero-order chi connectivity index (χ0) is 17.6. The number of aromatic nitrogens is 2. The Hall–Kier alpha value is -2.70. The number of urea groups is 1. The summed E-state index contributed by atoms with van der Waals surface area (Å²) in [7, 11) is 3.54. The van der Waals surface area contributed by atoms with Crippen LogP contribution in [0.4, 0.5) is 10.5 Å². The van der Waals surface area contributed by atoms with Crippen LogP contribution in [0.1, 0.15) is 12.0 Å². The van der Waals surface area contributed by atoms with E-state index in [0.717, 1.165) is 30.8 Å². The number of rotatable bonds is 6. The van der Waals surface area contributed by atoms with Crippen molar-refractivity contribution in [1.82, 2.24) is 20.4 Å². The molecule has 0 spiro atoms. The van der Waals surface area contributed by atoms with Crippen LogP contribution in [0.2, 0.25) is 0 Å². The molecule has 1 saturated heterocycles. The van der Waals surface area contributed by atoms with E-state index in [9.17, 15) is 4.79 Å². The second-order valence-corrected chi connectivity index (χ2v) is 6.39. The van der Waals surface area contributed by atoms with Gasteiger partial charge in [0.05, 0.1) is 13.3 Å². The second kappa shape index (κ2) is 7.92. The van der Waals surface area contributed by atoms with Gasteiger partial charge in [-0.3, -0.25) is 4.68 Å². The van der Waals surface area contributed by atoms with E-state index in [0.29, 0.717) is 19.0 Å². The van der Waals surface area contributed by atoms with Gasteiger partial charge in [0.1, 0.15) is 5.75 Å². The van der Waals surface area contributed by atoms with Crippen LogP contribution < -0.4 is 20.3 Å². The number of nitrogens with one attached hydrogen (secondary N) is 2. The summed E-state index contributed by atoms with van der Waals surface area (Å²) >= 11 is 0. The first-order chi connectivity index (χ1) is 12.1. The first-order valence-corrected chi connectivity index (χ1v) is 8.52. The number of ether oxygens (including phenoxy) is 1. The van der Waals surface area contributed by atoms with Crippen molar-refractivity contribution in [1.29, 1.82) is 0 Å². The second-order valence-electron chi connectivity index (χ2n) is 6.39. The number of hydrogen-bond acceptors (Lipinski definition) is 4. The summed E-state index contributed by atoms with van der Waals surface area (Å²) in [6.07, 6.45) is 4.71. The molecule has 25 heavy (non-hydrogen) atoms. The van der Waals surface area contributed by atoms with Crippen LogP contribution in [0.5, 0.6) is 5.75 Å². The quantitative estimate of drug-likeness (QED) is 0.838. The lowest BCUT2D eigenvalue weighted by Crippen LogP contribution is -2.38. The van der Waals surface area contributed by atoms with E-state index in [4.69, 9.17) is 4.74 Å². The normalized spacial score (nSPS) is 16.7. The lowest BCUT2D eigenvalue weighted by molar-refractivity contribution is 0.239. The van der Waals surface area contributed by atoms with Crippen molar-refractivity contribution < 1.29 is 9.53 Å². The van der Waals surface area contributed by atoms with Crippen LogP contribution in [-0.4, -0.2) is 42.6 Å². The van der Waals surface area contributed by atoms with Gasteiger partial charge in [0.25, 0.3) is 0 Å². The van der Waals surface area contributed by atoms with Crippen molar-refractivity contribution in [3.05, 3.63) is 42.2 Å². The Bertz CT molecular complexity index is 715. The Kier molecular flexibility index (Phi) is 5.42. The van der Waals surface area contributed by atoms with Crippen molar-refractivity contribution >= 4 is 11.7 Å². The fraction of sp³-hybridized carbons (Fsp3) is 0.444. The Balaban J connectivity index is 1.41. The summed E-state index contributed by atoms with van der Waals surface area (Å²) in [6, 6.07) is 7.97. The molecule has 2 heterocycles. The number of amides is 2. The maximum absolute atomic E-state index is 11.9. The van der Waals surface area contributed by atoms with Gasteiger partial charge in [0, 0.05) is 56.7 Å². The fourth-order valence-corrected chi connectivity index (χ4v) is 3.09. The SMILES string of the molecule is COc1cccc(N2CC[C@@H](CNC(=O)NCc3cnn(C)c3)C2)c1. The topological polar surface area (TPSA) is 71.4 Å². The molecule has 7 heteroatoms. The number of anilines is 1. The number of carbonyl (C=O) groups is 1. The molecular weight excluding hydrogens is 318 g/mol. The zero-order valence-corrected chi connectivity index (χ0v) is 14.7. The van der Waals surface area contributed by atoms with Crippen molar-refractivity contribution in [3.63, 3.8) is 0 Å². The third-order valence-electron chi connectivity index (χ3n) is 4.47. The first-order valence-electron chi connectivity index (χ1n) is 8.52. The predicted octanol–water partition coefficient (Wildman–Crippen LogP) is 1.75. The molecule has 7 nitrogen and oxygen atoms in total. The summed E-state index contributed by atoms with van der Waals surface area (Å²) in [5.74, 6) is 1.32. The minimum Gasteiger partial charge on any atom is -0.497 e. The number of carbonyl (C=O) groups excluding carboxylic acids is 1. The summed E-state index contributed by atoms with van der Waals surface area (Å²) < 4.78 is 7.01. The number of benzene rings is 1. The van der Waals surface area contributed by atoms with E-state index < -0.39 is 0 Å². The molecule has 1 aliphatic heterocycles. The monoisotopic (exact) mass is 343 g/mol. The van der Waals surface area contributed by atoms with Gasteiger partial charge in [-0.1, -0.05) is 6.07 Å². The number of nitrogens with zero attached hydrogens (tertiary/aromatic N) is 3. The Morgan fingerprint density at radius 2 is 2.28 bits per heavy atom. The third-order valence-corrected chi connectivity index (χ3v) is 4.47. The molecule has 0 radical (unpaired) electrons. The molecule has 0 bridgehead atoms. The van der Waals surface area contributed by atoms with Crippen molar-refractivity contribution in [3.8, 4) is 5.75 Å². The number of aryl methyl sites for hydroxylation is 1. The predicted molar refractivity (Wildman–Crippen MR) is 96.8 cm³/mol. The lowest BCUT2D eigenvalue weighted by Gasteiger charge is -2.19. The summed E-state index contributed by atoms with van der Waals surface area (Å²) in [4.78, 5) is 14.3. The molecule has 0 aliphatic carbocycles. The van der Waals surface area contributed by atoms with Gasteiger partial charge >= 0.3 is 6.03 Å². The zero-order valence-electron chi connectivity index (χ0n) is 14.7. The molecule has 0 unspecified atom stereocenters.